The van der Waals surface area contributed by atoms with Gasteiger partial charge in [-0.1, -0.05) is 12.1 Å². The number of ether oxygens (including phenoxy) is 1. The Labute approximate surface area is 148 Å². The first kappa shape index (κ1) is 18.7. The van der Waals surface area contributed by atoms with Gasteiger partial charge in [-0.15, -0.1) is 0 Å². The Balaban J connectivity index is 1.83. The Morgan fingerprint density at radius 2 is 2.08 bits per heavy atom. The molecule has 0 radical (unpaired) electrons. The molecule has 134 valence electrons. The monoisotopic (exact) mass is 343 g/mol. The molecule has 1 amide bonds. The van der Waals surface area contributed by atoms with Crippen molar-refractivity contribution in [3.63, 3.8) is 0 Å². The van der Waals surface area contributed by atoms with Crippen LogP contribution in [-0.4, -0.2) is 61.6 Å². The first-order valence-corrected chi connectivity index (χ1v) is 8.21. The van der Waals surface area contributed by atoms with Crippen LogP contribution in [0.2, 0.25) is 0 Å². The summed E-state index contributed by atoms with van der Waals surface area (Å²) >= 11 is 0. The van der Waals surface area contributed by atoms with Crippen LogP contribution in [0, 0.1) is 0 Å². The molecule has 2 aromatic rings. The second-order valence-corrected chi connectivity index (χ2v) is 5.85. The van der Waals surface area contributed by atoms with Gasteiger partial charge >= 0.3 is 0 Å². The molecule has 7 nitrogen and oxygen atoms in total. The molecule has 0 unspecified atom stereocenters. The molecular formula is C18H25N5O2. The van der Waals surface area contributed by atoms with E-state index in [-0.39, 0.29) is 5.91 Å². The average molecular weight is 343 g/mol. The van der Waals surface area contributed by atoms with Crippen molar-refractivity contribution in [3.05, 3.63) is 47.8 Å². The number of carbonyl (C=O) groups is 1. The van der Waals surface area contributed by atoms with Gasteiger partial charge in [-0.25, -0.2) is 9.97 Å². The zero-order chi connectivity index (χ0) is 18.1. The number of hydrogen-bond acceptors (Lipinski definition) is 6. The smallest absolute Gasteiger partial charge is 0.270 e. The van der Waals surface area contributed by atoms with Crippen molar-refractivity contribution in [2.24, 2.45) is 0 Å². The van der Waals surface area contributed by atoms with Gasteiger partial charge in [0.1, 0.15) is 11.4 Å². The van der Waals surface area contributed by atoms with Gasteiger partial charge in [0.25, 0.3) is 5.91 Å². The number of hydrogen-bond donors (Lipinski definition) is 2. The maximum Gasteiger partial charge on any atom is 0.270 e. The summed E-state index contributed by atoms with van der Waals surface area (Å²) in [5.41, 5.74) is 1.46. The summed E-state index contributed by atoms with van der Waals surface area (Å²) in [6, 6.07) is 9.41. The molecule has 7 heteroatoms. The molecule has 0 saturated carbocycles. The normalized spacial score (nSPS) is 10.6. The molecule has 0 saturated heterocycles. The third-order valence-corrected chi connectivity index (χ3v) is 3.56. The standard InChI is InChI=1S/C18H25N5O2/c1-23(2)12-11-21-18-20-10-8-16(22-18)17(24)19-9-7-14-5-4-6-15(13-14)25-3/h4-6,8,10,13H,7,9,11-12H2,1-3H3,(H,19,24)(H,20,21,22). The fourth-order valence-corrected chi connectivity index (χ4v) is 2.20. The van der Waals surface area contributed by atoms with Crippen LogP contribution < -0.4 is 15.4 Å². The van der Waals surface area contributed by atoms with Crippen LogP contribution in [0.25, 0.3) is 0 Å². The summed E-state index contributed by atoms with van der Waals surface area (Å²) in [6.45, 7) is 2.10. The number of nitrogens with zero attached hydrogens (tertiary/aromatic N) is 3. The number of amides is 1. The van der Waals surface area contributed by atoms with E-state index in [2.05, 4.69) is 25.5 Å². The number of likely N-dealkylation sites (N-methyl/N-ethyl adjacent to an activating group) is 1. The summed E-state index contributed by atoms with van der Waals surface area (Å²) in [7, 11) is 5.63. The largest absolute Gasteiger partial charge is 0.497 e. The fraction of sp³-hybridized carbons (Fsp3) is 0.389. The summed E-state index contributed by atoms with van der Waals surface area (Å²) < 4.78 is 5.20. The van der Waals surface area contributed by atoms with E-state index in [1.165, 1.54) is 0 Å². The van der Waals surface area contributed by atoms with Gasteiger partial charge in [-0.2, -0.15) is 0 Å². The molecule has 0 aliphatic rings. The Morgan fingerprint density at radius 1 is 1.24 bits per heavy atom. The highest BCUT2D eigenvalue weighted by Gasteiger charge is 2.08. The highest BCUT2D eigenvalue weighted by atomic mass is 16.5. The topological polar surface area (TPSA) is 79.4 Å². The number of carbonyl (C=O) groups excluding carboxylic acids is 1. The van der Waals surface area contributed by atoms with Crippen LogP contribution >= 0.6 is 0 Å². The number of aromatic nitrogens is 2. The van der Waals surface area contributed by atoms with Crippen molar-refractivity contribution in [2.45, 2.75) is 6.42 Å². The van der Waals surface area contributed by atoms with Crippen LogP contribution in [0.4, 0.5) is 5.95 Å². The lowest BCUT2D eigenvalue weighted by atomic mass is 10.1. The quantitative estimate of drug-likeness (QED) is 0.717. The number of benzene rings is 1. The summed E-state index contributed by atoms with van der Waals surface area (Å²) in [4.78, 5) is 22.7. The maximum absolute atomic E-state index is 12.2. The van der Waals surface area contributed by atoms with E-state index in [1.807, 2.05) is 38.4 Å². The van der Waals surface area contributed by atoms with E-state index in [0.29, 0.717) is 24.7 Å². The summed E-state index contributed by atoms with van der Waals surface area (Å²) in [5.74, 6) is 1.07. The minimum atomic E-state index is -0.207. The first-order valence-electron chi connectivity index (χ1n) is 8.21. The van der Waals surface area contributed by atoms with E-state index >= 15 is 0 Å². The minimum absolute atomic E-state index is 0.207. The molecule has 1 heterocycles. The second-order valence-electron chi connectivity index (χ2n) is 5.85. The van der Waals surface area contributed by atoms with Crippen molar-refractivity contribution in [2.75, 3.05) is 46.2 Å². The van der Waals surface area contributed by atoms with Crippen LogP contribution in [0.1, 0.15) is 16.1 Å². The average Bonchev–Trinajstić information content (AvgIpc) is 2.62. The van der Waals surface area contributed by atoms with Crippen LogP contribution in [0.3, 0.4) is 0 Å². The van der Waals surface area contributed by atoms with E-state index in [4.69, 9.17) is 4.74 Å². The van der Waals surface area contributed by atoms with Gasteiger partial charge in [0.2, 0.25) is 5.95 Å². The van der Waals surface area contributed by atoms with Crippen LogP contribution in [0.5, 0.6) is 5.75 Å². The molecule has 2 N–H and O–H groups in total. The molecule has 25 heavy (non-hydrogen) atoms. The molecule has 0 fully saturated rings. The van der Waals surface area contributed by atoms with E-state index in [0.717, 1.165) is 24.3 Å². The highest BCUT2D eigenvalue weighted by Crippen LogP contribution is 2.12. The predicted molar refractivity (Wildman–Crippen MR) is 98.1 cm³/mol. The van der Waals surface area contributed by atoms with Crippen molar-refractivity contribution in [1.29, 1.82) is 0 Å². The zero-order valence-electron chi connectivity index (χ0n) is 15.0. The molecule has 1 aromatic carbocycles. The second kappa shape index (κ2) is 9.58. The molecule has 0 aliphatic carbocycles. The van der Waals surface area contributed by atoms with Gasteiger partial charge in [-0.05, 0) is 44.3 Å². The fourth-order valence-electron chi connectivity index (χ4n) is 2.20. The Hall–Kier alpha value is -2.67. The molecule has 2 rings (SSSR count). The number of methoxy groups -OCH3 is 1. The van der Waals surface area contributed by atoms with Gasteiger partial charge in [-0.3, -0.25) is 4.79 Å². The number of anilines is 1. The number of nitrogens with one attached hydrogen (secondary N) is 2. The van der Waals surface area contributed by atoms with Crippen molar-refractivity contribution in [1.82, 2.24) is 20.2 Å². The van der Waals surface area contributed by atoms with E-state index in [1.54, 1.807) is 19.4 Å². The third-order valence-electron chi connectivity index (χ3n) is 3.56. The third kappa shape index (κ3) is 6.39. The summed E-state index contributed by atoms with van der Waals surface area (Å²) in [6.07, 6.45) is 2.31. The van der Waals surface area contributed by atoms with Gasteiger partial charge < -0.3 is 20.3 Å². The Morgan fingerprint density at radius 3 is 2.84 bits per heavy atom. The van der Waals surface area contributed by atoms with Crippen LogP contribution in [-0.2, 0) is 6.42 Å². The van der Waals surface area contributed by atoms with Gasteiger partial charge in [0.15, 0.2) is 0 Å². The molecule has 1 aromatic heterocycles. The van der Waals surface area contributed by atoms with Gasteiger partial charge in [0, 0.05) is 25.8 Å². The predicted octanol–water partition coefficient (Wildman–Crippen LogP) is 1.43. The van der Waals surface area contributed by atoms with Crippen molar-refractivity contribution < 1.29 is 9.53 Å². The molecule has 0 aliphatic heterocycles. The number of rotatable bonds is 9. The van der Waals surface area contributed by atoms with E-state index in [9.17, 15) is 4.79 Å². The summed E-state index contributed by atoms with van der Waals surface area (Å²) in [5, 5.41) is 5.99. The Kier molecular flexibility index (Phi) is 7.16. The molecule has 0 atom stereocenters. The Bertz CT molecular complexity index is 691. The first-order chi connectivity index (χ1) is 12.1. The van der Waals surface area contributed by atoms with Gasteiger partial charge in [0.05, 0.1) is 7.11 Å². The highest BCUT2D eigenvalue weighted by molar-refractivity contribution is 5.92. The SMILES string of the molecule is COc1cccc(CCNC(=O)c2ccnc(NCCN(C)C)n2)c1. The van der Waals surface area contributed by atoms with Crippen LogP contribution in [0.15, 0.2) is 36.5 Å². The van der Waals surface area contributed by atoms with Crippen molar-refractivity contribution >= 4 is 11.9 Å². The van der Waals surface area contributed by atoms with E-state index < -0.39 is 0 Å². The molecule has 0 bridgehead atoms. The lowest BCUT2D eigenvalue weighted by Gasteiger charge is -2.11. The van der Waals surface area contributed by atoms with Crippen molar-refractivity contribution in [3.8, 4) is 5.75 Å². The lowest BCUT2D eigenvalue weighted by Crippen LogP contribution is -2.27. The molecular weight excluding hydrogens is 318 g/mol. The maximum atomic E-state index is 12.2. The molecule has 0 spiro atoms. The minimum Gasteiger partial charge on any atom is -0.497 e. The zero-order valence-corrected chi connectivity index (χ0v) is 15.0. The lowest BCUT2D eigenvalue weighted by molar-refractivity contribution is 0.0949.